The van der Waals surface area contributed by atoms with Gasteiger partial charge in [0.15, 0.2) is 0 Å². The van der Waals surface area contributed by atoms with Gasteiger partial charge in [-0.1, -0.05) is 29.8 Å². The molecule has 9 heteroatoms. The number of amides is 2. The zero-order chi connectivity index (χ0) is 22.2. The summed E-state index contributed by atoms with van der Waals surface area (Å²) in [5, 5.41) is 10.8. The van der Waals surface area contributed by atoms with Crippen LogP contribution in [0, 0.1) is 5.41 Å². The van der Waals surface area contributed by atoms with Gasteiger partial charge in [0.05, 0.1) is 15.8 Å². The van der Waals surface area contributed by atoms with Gasteiger partial charge in [-0.25, -0.2) is 0 Å². The highest BCUT2D eigenvalue weighted by atomic mass is 35.5. The molecule has 162 valence electrons. The quantitative estimate of drug-likeness (QED) is 0.576. The van der Waals surface area contributed by atoms with Gasteiger partial charge in [-0.15, -0.1) is 11.3 Å². The van der Waals surface area contributed by atoms with Gasteiger partial charge >= 0.3 is 0 Å². The maximum Gasteiger partial charge on any atom is 0.289 e. The molecule has 0 spiro atoms. The summed E-state index contributed by atoms with van der Waals surface area (Å²) in [4.78, 5) is 29.7. The monoisotopic (exact) mass is 466 g/mol. The van der Waals surface area contributed by atoms with E-state index in [1.165, 1.54) is 11.3 Å². The van der Waals surface area contributed by atoms with E-state index in [-0.39, 0.29) is 17.8 Å². The third-order valence-electron chi connectivity index (χ3n) is 5.48. The second-order valence-corrected chi connectivity index (χ2v) is 9.24. The predicted molar refractivity (Wildman–Crippen MR) is 125 cm³/mol. The Morgan fingerprint density at radius 1 is 1.19 bits per heavy atom. The van der Waals surface area contributed by atoms with Gasteiger partial charge in [0.25, 0.3) is 17.8 Å². The van der Waals surface area contributed by atoms with Gasteiger partial charge in [-0.3, -0.25) is 19.9 Å². The first-order chi connectivity index (χ1) is 15.5. The average Bonchev–Trinajstić information content (AvgIpc) is 3.49. The number of hydrogen-bond donors (Lipinski definition) is 2. The Labute approximate surface area is 193 Å². The highest BCUT2D eigenvalue weighted by Crippen LogP contribution is 2.32. The normalized spacial score (nSPS) is 15.2. The minimum Gasteiger partial charge on any atom is -0.463 e. The molecule has 1 aromatic heterocycles. The van der Waals surface area contributed by atoms with Crippen molar-refractivity contribution in [2.24, 2.45) is 0 Å². The van der Waals surface area contributed by atoms with Crippen LogP contribution < -0.4 is 10.2 Å². The van der Waals surface area contributed by atoms with Crippen LogP contribution in [0.3, 0.4) is 0 Å². The topological polar surface area (TPSA) is 85.7 Å². The van der Waals surface area contributed by atoms with Gasteiger partial charge in [0.1, 0.15) is 6.61 Å². The summed E-state index contributed by atoms with van der Waals surface area (Å²) < 4.78 is 5.78. The van der Waals surface area contributed by atoms with E-state index >= 15 is 0 Å². The zero-order valence-corrected chi connectivity index (χ0v) is 18.5. The van der Waals surface area contributed by atoms with Gasteiger partial charge in [-0.05, 0) is 42.0 Å². The number of carbonyl (C=O) groups excluding carboxylic acids is 2. The van der Waals surface area contributed by atoms with E-state index in [9.17, 15) is 9.59 Å². The molecule has 1 saturated heterocycles. The first-order valence-corrected chi connectivity index (χ1v) is 11.2. The Balaban J connectivity index is 1.34. The molecule has 3 aromatic rings. The maximum absolute atomic E-state index is 13.0. The van der Waals surface area contributed by atoms with Crippen molar-refractivity contribution in [2.75, 3.05) is 23.4 Å². The second kappa shape index (κ2) is 8.29. The lowest BCUT2D eigenvalue weighted by atomic mass is 10.1. The molecule has 0 unspecified atom stereocenters. The Morgan fingerprint density at radius 3 is 2.78 bits per heavy atom. The molecule has 5 rings (SSSR count). The van der Waals surface area contributed by atoms with Crippen molar-refractivity contribution in [3.63, 3.8) is 0 Å². The highest BCUT2D eigenvalue weighted by Gasteiger charge is 2.30. The molecule has 0 aliphatic carbocycles. The maximum atomic E-state index is 13.0. The van der Waals surface area contributed by atoms with Crippen LogP contribution in [-0.4, -0.2) is 35.9 Å². The van der Waals surface area contributed by atoms with E-state index in [0.29, 0.717) is 46.7 Å². The minimum absolute atomic E-state index is 0.0714. The Hall–Kier alpha value is -3.36. The largest absolute Gasteiger partial charge is 0.463 e. The van der Waals surface area contributed by atoms with Crippen LogP contribution in [0.25, 0.3) is 0 Å². The number of benzene rings is 2. The molecular formula is C23H19ClN4O3S. The Morgan fingerprint density at radius 2 is 2.03 bits per heavy atom. The van der Waals surface area contributed by atoms with Gasteiger partial charge < -0.3 is 15.0 Å². The molecule has 2 aromatic carbocycles. The summed E-state index contributed by atoms with van der Waals surface area (Å²) in [6, 6.07) is 16.7. The van der Waals surface area contributed by atoms with Crippen molar-refractivity contribution < 1.29 is 14.3 Å². The van der Waals surface area contributed by atoms with E-state index in [1.807, 2.05) is 30.3 Å². The molecule has 2 N–H and O–H groups in total. The van der Waals surface area contributed by atoms with Crippen molar-refractivity contribution in [2.45, 2.75) is 13.1 Å². The summed E-state index contributed by atoms with van der Waals surface area (Å²) in [6.45, 7) is 1.96. The van der Waals surface area contributed by atoms with Crippen molar-refractivity contribution in [1.82, 2.24) is 4.90 Å². The SMILES string of the molecule is N=C1OCCN1c1cccc(CN2Cc3c(NC(=O)c4ccc(Cl)s4)cccc3C2=O)c1. The fourth-order valence-electron chi connectivity index (χ4n) is 3.96. The van der Waals surface area contributed by atoms with E-state index < -0.39 is 0 Å². The lowest BCUT2D eigenvalue weighted by Crippen LogP contribution is -2.25. The van der Waals surface area contributed by atoms with Crippen LogP contribution in [-0.2, 0) is 17.8 Å². The first-order valence-electron chi connectivity index (χ1n) is 10.1. The number of ether oxygens (including phenoxy) is 1. The van der Waals surface area contributed by atoms with Crippen molar-refractivity contribution in [3.05, 3.63) is 80.5 Å². The summed E-state index contributed by atoms with van der Waals surface area (Å²) >= 11 is 7.15. The standard InChI is InChI=1S/C23H19ClN4O3S/c24-20-8-7-19(32-20)21(29)26-18-6-2-5-16-17(18)13-27(22(16)30)12-14-3-1-4-15(11-14)28-9-10-31-23(28)25/h1-8,11,25H,9-10,12-13H2,(H,26,29). The molecular weight excluding hydrogens is 448 g/mol. The van der Waals surface area contributed by atoms with Crippen LogP contribution >= 0.6 is 22.9 Å². The number of nitrogens with zero attached hydrogens (tertiary/aromatic N) is 2. The number of nitrogens with one attached hydrogen (secondary N) is 2. The second-order valence-electron chi connectivity index (χ2n) is 7.53. The summed E-state index contributed by atoms with van der Waals surface area (Å²) in [5.41, 5.74) is 3.86. The predicted octanol–water partition coefficient (Wildman–Crippen LogP) is 4.58. The Bertz CT molecular complexity index is 1240. The van der Waals surface area contributed by atoms with Gasteiger partial charge in [0.2, 0.25) is 0 Å². The molecule has 2 aliphatic rings. The third kappa shape index (κ3) is 3.83. The van der Waals surface area contributed by atoms with Crippen LogP contribution in [0.5, 0.6) is 0 Å². The van der Waals surface area contributed by atoms with Gasteiger partial charge in [0, 0.05) is 35.6 Å². The Kier molecular flexibility index (Phi) is 5.32. The number of rotatable bonds is 5. The van der Waals surface area contributed by atoms with E-state index in [1.54, 1.807) is 34.1 Å². The fourth-order valence-corrected chi connectivity index (χ4v) is 4.90. The fraction of sp³-hybridized carbons (Fsp3) is 0.174. The van der Waals surface area contributed by atoms with Gasteiger partial charge in [-0.2, -0.15) is 0 Å². The molecule has 2 amide bonds. The average molecular weight is 467 g/mol. The molecule has 32 heavy (non-hydrogen) atoms. The highest BCUT2D eigenvalue weighted by molar-refractivity contribution is 7.18. The summed E-state index contributed by atoms with van der Waals surface area (Å²) in [7, 11) is 0. The number of hydrogen-bond acceptors (Lipinski definition) is 5. The third-order valence-corrected chi connectivity index (χ3v) is 6.71. The molecule has 0 bridgehead atoms. The zero-order valence-electron chi connectivity index (χ0n) is 16.9. The molecule has 7 nitrogen and oxygen atoms in total. The number of amidine groups is 1. The van der Waals surface area contributed by atoms with E-state index in [4.69, 9.17) is 21.7 Å². The first kappa shape index (κ1) is 20.5. The molecule has 0 atom stereocenters. The van der Waals surface area contributed by atoms with Crippen molar-refractivity contribution in [3.8, 4) is 0 Å². The number of anilines is 2. The van der Waals surface area contributed by atoms with Crippen LogP contribution in [0.2, 0.25) is 4.34 Å². The summed E-state index contributed by atoms with van der Waals surface area (Å²) in [6.07, 6.45) is 0. The molecule has 0 radical (unpaired) electrons. The van der Waals surface area contributed by atoms with E-state index in [0.717, 1.165) is 16.8 Å². The van der Waals surface area contributed by atoms with Crippen molar-refractivity contribution >= 4 is 52.1 Å². The number of thiophene rings is 1. The number of fused-ring (bicyclic) bond motifs is 1. The lowest BCUT2D eigenvalue weighted by Gasteiger charge is -2.19. The number of carbonyl (C=O) groups is 2. The molecule has 2 aliphatic heterocycles. The van der Waals surface area contributed by atoms with Crippen LogP contribution in [0.15, 0.2) is 54.6 Å². The molecule has 1 fully saturated rings. The minimum atomic E-state index is -0.246. The van der Waals surface area contributed by atoms with Crippen LogP contribution in [0.1, 0.15) is 31.2 Å². The van der Waals surface area contributed by atoms with E-state index in [2.05, 4.69) is 5.32 Å². The summed E-state index contributed by atoms with van der Waals surface area (Å²) in [5.74, 6) is -0.318. The smallest absolute Gasteiger partial charge is 0.289 e. The lowest BCUT2D eigenvalue weighted by molar-refractivity contribution is 0.0766. The van der Waals surface area contributed by atoms with Crippen molar-refractivity contribution in [1.29, 1.82) is 5.41 Å². The van der Waals surface area contributed by atoms with Crippen LogP contribution in [0.4, 0.5) is 11.4 Å². The molecule has 0 saturated carbocycles. The number of halogens is 1. The molecule has 3 heterocycles.